The molecular formula is C59H51BrNO2PS. The number of rotatable bonds is 11. The molecule has 0 amide bonds. The minimum absolute atomic E-state index is 0.0466. The van der Waals surface area contributed by atoms with Gasteiger partial charge in [-0.3, -0.25) is 0 Å². The molecule has 322 valence electrons. The Hall–Kier alpha value is -5.55. The average Bonchev–Trinajstić information content (AvgIpc) is 3.56. The monoisotopic (exact) mass is 947 g/mol. The Morgan fingerprint density at radius 1 is 0.508 bits per heavy atom. The Bertz CT molecular complexity index is 2990. The van der Waals surface area contributed by atoms with E-state index in [-0.39, 0.29) is 11.3 Å². The quantitative estimate of drug-likeness (QED) is 0.121. The first-order valence-corrected chi connectivity index (χ1v) is 25.9. The largest absolute Gasteiger partial charge is 0.407 e. The van der Waals surface area contributed by atoms with Crippen LogP contribution in [0.4, 0.5) is 0 Å². The normalized spacial score (nSPS) is 14.5. The molecule has 0 radical (unpaired) electrons. The maximum absolute atomic E-state index is 8.01. The third-order valence-corrected chi connectivity index (χ3v) is 16.7. The van der Waals surface area contributed by atoms with E-state index in [4.69, 9.17) is 8.39 Å². The fourth-order valence-corrected chi connectivity index (χ4v) is 13.6. The highest BCUT2D eigenvalue weighted by molar-refractivity contribution is 9.10. The maximum Gasteiger partial charge on any atom is 0.310 e. The predicted molar refractivity (Wildman–Crippen MR) is 277 cm³/mol. The summed E-state index contributed by atoms with van der Waals surface area (Å²) in [6, 6.07) is 68.5. The minimum Gasteiger partial charge on any atom is -0.407 e. The predicted octanol–water partition coefficient (Wildman–Crippen LogP) is 17.6. The number of aryl methyl sites for hydroxylation is 4. The van der Waals surface area contributed by atoms with Crippen molar-refractivity contribution < 1.29 is 8.39 Å². The lowest BCUT2D eigenvalue weighted by molar-refractivity contribution is 0.570. The Morgan fingerprint density at radius 2 is 0.954 bits per heavy atom. The molecule has 3 nitrogen and oxygen atoms in total. The van der Waals surface area contributed by atoms with Crippen molar-refractivity contribution in [2.75, 3.05) is 4.67 Å². The molecule has 9 aromatic rings. The highest BCUT2D eigenvalue weighted by atomic mass is 79.9. The molecule has 0 bridgehead atoms. The summed E-state index contributed by atoms with van der Waals surface area (Å²) in [7, 11) is -1.85. The lowest BCUT2D eigenvalue weighted by atomic mass is 9.81. The molecule has 0 N–H and O–H groups in total. The molecular weight excluding hydrogens is 898 g/mol. The topological polar surface area (TPSA) is 29.5 Å². The van der Waals surface area contributed by atoms with Gasteiger partial charge in [-0.15, -0.1) is 11.8 Å². The summed E-state index contributed by atoms with van der Waals surface area (Å²) >= 11 is 5.62. The number of benzene rings is 8. The summed E-state index contributed by atoms with van der Waals surface area (Å²) in [4.78, 5) is 1.20. The van der Waals surface area contributed by atoms with Gasteiger partial charge in [-0.1, -0.05) is 168 Å². The second-order valence-electron chi connectivity index (χ2n) is 17.4. The highest BCUT2D eigenvalue weighted by Crippen LogP contribution is 2.55. The van der Waals surface area contributed by atoms with Gasteiger partial charge in [0.15, 0.2) is 11.2 Å². The van der Waals surface area contributed by atoms with Crippen LogP contribution < -0.4 is 4.67 Å². The summed E-state index contributed by atoms with van der Waals surface area (Å²) < 4.78 is 19.7. The van der Waals surface area contributed by atoms with Crippen molar-refractivity contribution in [3.8, 4) is 22.3 Å². The second-order valence-corrected chi connectivity index (χ2v) is 20.9. The van der Waals surface area contributed by atoms with Gasteiger partial charge >= 0.3 is 8.16 Å². The van der Waals surface area contributed by atoms with E-state index < -0.39 is 8.16 Å². The van der Waals surface area contributed by atoms with Crippen LogP contribution in [0.3, 0.4) is 0 Å². The van der Waals surface area contributed by atoms with Crippen molar-refractivity contribution in [3.63, 3.8) is 0 Å². The van der Waals surface area contributed by atoms with E-state index in [1.54, 1.807) is 0 Å². The molecule has 0 unspecified atom stereocenters. The van der Waals surface area contributed by atoms with Crippen molar-refractivity contribution in [2.24, 2.45) is 0 Å². The summed E-state index contributed by atoms with van der Waals surface area (Å²) in [5, 5.41) is 2.48. The van der Waals surface area contributed by atoms with Crippen LogP contribution in [0.15, 0.2) is 206 Å². The third kappa shape index (κ3) is 8.68. The zero-order valence-corrected chi connectivity index (χ0v) is 39.7. The van der Waals surface area contributed by atoms with E-state index >= 15 is 0 Å². The fourth-order valence-electron chi connectivity index (χ4n) is 10.2. The number of hydrogen-bond acceptors (Lipinski definition) is 4. The van der Waals surface area contributed by atoms with Crippen LogP contribution >= 0.6 is 35.9 Å². The highest BCUT2D eigenvalue weighted by Gasteiger charge is 2.36. The fraction of sp³-hybridized carbons (Fsp3) is 0.186. The summed E-state index contributed by atoms with van der Waals surface area (Å²) in [6.07, 6.45) is 8.90. The summed E-state index contributed by atoms with van der Waals surface area (Å²) in [5.74, 6) is 0. The third-order valence-electron chi connectivity index (χ3n) is 13.3. The van der Waals surface area contributed by atoms with E-state index in [0.29, 0.717) is 6.54 Å². The first-order chi connectivity index (χ1) is 32.2. The molecule has 8 aromatic carbocycles. The smallest absolute Gasteiger partial charge is 0.310 e. The zero-order valence-electron chi connectivity index (χ0n) is 36.4. The number of fused-ring (bicyclic) bond motifs is 7. The maximum atomic E-state index is 8.01. The Kier molecular flexibility index (Phi) is 12.4. The molecule has 1 aromatic heterocycles. The van der Waals surface area contributed by atoms with Crippen molar-refractivity contribution in [1.82, 2.24) is 0 Å². The lowest BCUT2D eigenvalue weighted by Crippen LogP contribution is -2.29. The van der Waals surface area contributed by atoms with Gasteiger partial charge in [0.2, 0.25) is 0 Å². The molecule has 1 heterocycles. The number of halogens is 1. The van der Waals surface area contributed by atoms with Crippen LogP contribution in [0.5, 0.6) is 0 Å². The van der Waals surface area contributed by atoms with Crippen LogP contribution in [0.25, 0.3) is 44.2 Å². The molecule has 0 spiro atoms. The Morgan fingerprint density at radius 3 is 1.46 bits per heavy atom. The SMILES string of the molecule is Brc1ccc(S[C@H](c2ccccc2)[C@H](c2ccccc2)N(Cc2ccccc2)p2oc3c(-c4ccccc4)cc4c(c3c3c5c(cc(-c6ccccc6)c3o2)CCCC5)CCCC4)cc1. The second kappa shape index (κ2) is 19.1. The van der Waals surface area contributed by atoms with Crippen molar-refractivity contribution in [2.45, 2.75) is 74.1 Å². The molecule has 2 aliphatic rings. The van der Waals surface area contributed by atoms with E-state index in [1.165, 1.54) is 78.6 Å². The van der Waals surface area contributed by atoms with Gasteiger partial charge in [0.05, 0.1) is 11.3 Å². The summed E-state index contributed by atoms with van der Waals surface area (Å²) in [5.41, 5.74) is 16.0. The van der Waals surface area contributed by atoms with Gasteiger partial charge in [0.1, 0.15) is 0 Å². The van der Waals surface area contributed by atoms with Gasteiger partial charge in [-0.2, -0.15) is 4.67 Å². The molecule has 65 heavy (non-hydrogen) atoms. The Labute approximate surface area is 396 Å². The molecule has 0 saturated carbocycles. The van der Waals surface area contributed by atoms with E-state index in [1.807, 2.05) is 11.8 Å². The van der Waals surface area contributed by atoms with Gasteiger partial charge < -0.3 is 8.39 Å². The average molecular weight is 949 g/mol. The van der Waals surface area contributed by atoms with Crippen molar-refractivity contribution in [1.29, 1.82) is 0 Å². The van der Waals surface area contributed by atoms with Crippen LogP contribution in [0.1, 0.15) is 75.9 Å². The zero-order chi connectivity index (χ0) is 43.5. The Balaban J connectivity index is 1.30. The first kappa shape index (κ1) is 42.1. The molecule has 0 aliphatic heterocycles. The van der Waals surface area contributed by atoms with Crippen LogP contribution in [0, 0.1) is 0 Å². The minimum atomic E-state index is -1.85. The molecule has 11 rings (SSSR count). The van der Waals surface area contributed by atoms with Gasteiger partial charge in [0, 0.05) is 37.8 Å². The van der Waals surface area contributed by atoms with Crippen LogP contribution in [-0.2, 0) is 32.2 Å². The summed E-state index contributed by atoms with van der Waals surface area (Å²) in [6.45, 7) is 0.609. The number of hydrogen-bond donors (Lipinski definition) is 0. The molecule has 0 fully saturated rings. The van der Waals surface area contributed by atoms with Crippen LogP contribution in [-0.4, -0.2) is 0 Å². The number of thioether (sulfide) groups is 1. The first-order valence-electron chi connectivity index (χ1n) is 23.1. The van der Waals surface area contributed by atoms with Gasteiger partial charge in [-0.05, 0) is 138 Å². The van der Waals surface area contributed by atoms with Crippen molar-refractivity contribution in [3.05, 3.63) is 231 Å². The van der Waals surface area contributed by atoms with Crippen molar-refractivity contribution >= 4 is 57.8 Å². The van der Waals surface area contributed by atoms with Crippen LogP contribution in [0.2, 0.25) is 0 Å². The van der Waals surface area contributed by atoms with Gasteiger partial charge in [-0.25, -0.2) is 0 Å². The lowest BCUT2D eigenvalue weighted by Gasteiger charge is -2.35. The van der Waals surface area contributed by atoms with E-state index in [9.17, 15) is 0 Å². The van der Waals surface area contributed by atoms with E-state index in [2.05, 4.69) is 209 Å². The molecule has 2 aliphatic carbocycles. The standard InChI is InChI=1S/C59H51BrNO2PS/c60-48-34-36-49(37-35-48)65-59(45-28-14-5-15-29-45)56(44-26-12-4-13-27-44)61(40-41-20-6-1-7-21-41)64-62-57-52(42-22-8-2-9-23-42)38-46-30-16-18-32-50(46)54(57)55-51-33-19-17-31-47(51)39-53(58(55)63-64)43-24-10-3-11-25-43/h1-15,20-29,34-39,56,59H,16-19,30-33,40H2/t56-,59+/m0/s1. The van der Waals surface area contributed by atoms with Gasteiger partial charge in [0.25, 0.3) is 0 Å². The number of nitrogens with zero attached hydrogens (tertiary/aromatic N) is 1. The molecule has 0 saturated heterocycles. The molecule has 2 atom stereocenters. The molecule has 6 heteroatoms. The van der Waals surface area contributed by atoms with E-state index in [0.717, 1.165) is 65.3 Å².